The number of hydrogen-bond acceptors (Lipinski definition) is 2. The van der Waals surface area contributed by atoms with Crippen LogP contribution in [-0.2, 0) is 23.1 Å². The minimum Gasteiger partial charge on any atom is -0.337 e. The van der Waals surface area contributed by atoms with Gasteiger partial charge in [-0.05, 0) is 24.0 Å². The van der Waals surface area contributed by atoms with E-state index in [9.17, 15) is 21.6 Å². The molecular weight excluding hydrogens is 439 g/mol. The van der Waals surface area contributed by atoms with Gasteiger partial charge in [0.15, 0.2) is 0 Å². The molecule has 0 amide bonds. The lowest BCUT2D eigenvalue weighted by Crippen LogP contribution is -2.59. The molecule has 32 heavy (non-hydrogen) atoms. The SMILES string of the molecule is O=S(=O)(/N=C1\N(Cc2ccccc2)C[C@@H]2CCC=C[C@@H]2N1Cc1ccccc1)C(F)(F)F. The van der Waals surface area contributed by atoms with Crippen LogP contribution in [-0.4, -0.2) is 42.3 Å². The maximum Gasteiger partial charge on any atom is 0.518 e. The average molecular weight is 464 g/mol. The zero-order valence-corrected chi connectivity index (χ0v) is 18.1. The molecule has 1 heterocycles. The van der Waals surface area contributed by atoms with Crippen LogP contribution in [0.5, 0.6) is 0 Å². The van der Waals surface area contributed by atoms with Crippen molar-refractivity contribution >= 4 is 16.0 Å². The minimum atomic E-state index is -5.71. The summed E-state index contributed by atoms with van der Waals surface area (Å²) >= 11 is 0. The Labute approximate surface area is 185 Å². The maximum atomic E-state index is 13.3. The topological polar surface area (TPSA) is 53.0 Å². The van der Waals surface area contributed by atoms with E-state index >= 15 is 0 Å². The maximum absolute atomic E-state index is 13.3. The van der Waals surface area contributed by atoms with Gasteiger partial charge < -0.3 is 9.80 Å². The molecule has 0 unspecified atom stereocenters. The Kier molecular flexibility index (Phi) is 6.28. The summed E-state index contributed by atoms with van der Waals surface area (Å²) in [6.45, 7) is 0.955. The Balaban J connectivity index is 1.80. The zero-order valence-electron chi connectivity index (χ0n) is 17.3. The summed E-state index contributed by atoms with van der Waals surface area (Å²) in [5.41, 5.74) is -3.73. The lowest BCUT2D eigenvalue weighted by Gasteiger charge is -2.49. The molecule has 1 fully saturated rings. The molecule has 170 valence electrons. The molecule has 0 N–H and O–H groups in total. The number of alkyl halides is 3. The number of benzene rings is 2. The van der Waals surface area contributed by atoms with Crippen molar-refractivity contribution in [3.05, 3.63) is 83.9 Å². The Bertz CT molecular complexity index is 1090. The summed E-state index contributed by atoms with van der Waals surface area (Å²) in [6, 6.07) is 18.3. The highest BCUT2D eigenvalue weighted by Gasteiger charge is 2.48. The lowest BCUT2D eigenvalue weighted by molar-refractivity contribution is -0.0436. The minimum absolute atomic E-state index is 0.153. The molecule has 2 aromatic rings. The van der Waals surface area contributed by atoms with Crippen molar-refractivity contribution in [2.75, 3.05) is 6.54 Å². The average Bonchev–Trinajstić information content (AvgIpc) is 2.76. The van der Waals surface area contributed by atoms with Crippen LogP contribution in [0.1, 0.15) is 24.0 Å². The first-order valence-electron chi connectivity index (χ1n) is 10.4. The highest BCUT2D eigenvalue weighted by molar-refractivity contribution is 7.91. The molecule has 1 aliphatic carbocycles. The monoisotopic (exact) mass is 463 g/mol. The van der Waals surface area contributed by atoms with E-state index in [-0.39, 0.29) is 31.0 Å². The molecule has 1 aliphatic heterocycles. The number of nitrogens with zero attached hydrogens (tertiary/aromatic N) is 3. The van der Waals surface area contributed by atoms with Crippen LogP contribution < -0.4 is 0 Å². The Hall–Kier alpha value is -2.81. The molecule has 9 heteroatoms. The number of halogens is 3. The number of sulfonamides is 1. The van der Waals surface area contributed by atoms with Crippen molar-refractivity contribution in [3.8, 4) is 0 Å². The number of allylic oxidation sites excluding steroid dienone is 1. The summed E-state index contributed by atoms with van der Waals surface area (Å²) < 4.78 is 67.4. The molecule has 5 nitrogen and oxygen atoms in total. The molecule has 0 spiro atoms. The van der Waals surface area contributed by atoms with Crippen LogP contribution in [0.4, 0.5) is 13.2 Å². The molecule has 1 saturated heterocycles. The molecule has 0 aromatic heterocycles. The highest BCUT2D eigenvalue weighted by Crippen LogP contribution is 2.34. The third-order valence-electron chi connectivity index (χ3n) is 5.78. The number of hydrogen-bond donors (Lipinski definition) is 0. The number of fused-ring (bicyclic) bond motifs is 1. The first-order chi connectivity index (χ1) is 15.2. The Morgan fingerprint density at radius 2 is 1.53 bits per heavy atom. The first-order valence-corrected chi connectivity index (χ1v) is 11.9. The standard InChI is InChI=1S/C23H24F3N3O2S/c24-23(25,26)32(30,31)27-22-28(15-18-9-3-1-4-10-18)17-20-13-7-8-14-21(20)29(22)16-19-11-5-2-6-12-19/h1-6,8-12,14,20-21H,7,13,15-17H2/b27-22+/t20-,21-/m0/s1. The van der Waals surface area contributed by atoms with E-state index in [4.69, 9.17) is 0 Å². The van der Waals surface area contributed by atoms with Gasteiger partial charge >= 0.3 is 15.5 Å². The summed E-state index contributed by atoms with van der Waals surface area (Å²) in [5.74, 6) is -0.0113. The van der Waals surface area contributed by atoms with Gasteiger partial charge in [-0.15, -0.1) is 4.40 Å². The Morgan fingerprint density at radius 3 is 2.12 bits per heavy atom. The van der Waals surface area contributed by atoms with Crippen LogP contribution in [0.15, 0.2) is 77.2 Å². The molecular formula is C23H24F3N3O2S. The van der Waals surface area contributed by atoms with Gasteiger partial charge in [-0.2, -0.15) is 21.6 Å². The fourth-order valence-corrected chi connectivity index (χ4v) is 4.81. The number of guanidine groups is 1. The van der Waals surface area contributed by atoms with E-state index in [1.54, 1.807) is 9.80 Å². The normalized spacial score (nSPS) is 22.8. The van der Waals surface area contributed by atoms with Gasteiger partial charge in [0.2, 0.25) is 5.96 Å². The van der Waals surface area contributed by atoms with E-state index in [1.165, 1.54) is 0 Å². The molecule has 4 rings (SSSR count). The van der Waals surface area contributed by atoms with Gasteiger partial charge in [-0.25, -0.2) is 0 Å². The molecule has 0 radical (unpaired) electrons. The molecule has 2 atom stereocenters. The van der Waals surface area contributed by atoms with Crippen LogP contribution in [0.3, 0.4) is 0 Å². The van der Waals surface area contributed by atoms with Gasteiger partial charge in [0.05, 0.1) is 6.04 Å². The second kappa shape index (κ2) is 8.97. The second-order valence-corrected chi connectivity index (χ2v) is 9.64. The summed E-state index contributed by atoms with van der Waals surface area (Å²) in [7, 11) is -5.71. The molecule has 0 saturated carbocycles. The molecule has 2 aromatic carbocycles. The van der Waals surface area contributed by atoms with Crippen molar-refractivity contribution in [3.63, 3.8) is 0 Å². The summed E-state index contributed by atoms with van der Waals surface area (Å²) in [4.78, 5) is 3.37. The molecule has 2 aliphatic rings. The predicted molar refractivity (Wildman–Crippen MR) is 117 cm³/mol. The van der Waals surface area contributed by atoms with Crippen molar-refractivity contribution in [2.45, 2.75) is 37.5 Å². The quantitative estimate of drug-likeness (QED) is 0.611. The van der Waals surface area contributed by atoms with Crippen LogP contribution in [0.25, 0.3) is 0 Å². The van der Waals surface area contributed by atoms with Gasteiger partial charge in [-0.1, -0.05) is 72.8 Å². The third kappa shape index (κ3) is 4.82. The summed E-state index contributed by atoms with van der Waals surface area (Å²) in [6.07, 6.45) is 5.72. The van der Waals surface area contributed by atoms with E-state index in [2.05, 4.69) is 4.40 Å². The van der Waals surface area contributed by atoms with E-state index in [0.29, 0.717) is 6.54 Å². The smallest absolute Gasteiger partial charge is 0.337 e. The van der Waals surface area contributed by atoms with Crippen LogP contribution in [0, 0.1) is 5.92 Å². The largest absolute Gasteiger partial charge is 0.518 e. The second-order valence-electron chi connectivity index (χ2n) is 8.05. The highest BCUT2D eigenvalue weighted by atomic mass is 32.2. The fourth-order valence-electron chi connectivity index (χ4n) is 4.28. The van der Waals surface area contributed by atoms with Crippen molar-refractivity contribution in [1.29, 1.82) is 0 Å². The van der Waals surface area contributed by atoms with Gasteiger partial charge in [0.1, 0.15) is 0 Å². The van der Waals surface area contributed by atoms with Gasteiger partial charge in [0.25, 0.3) is 0 Å². The van der Waals surface area contributed by atoms with Crippen LogP contribution >= 0.6 is 0 Å². The molecule has 0 bridgehead atoms. The van der Waals surface area contributed by atoms with Crippen LogP contribution in [0.2, 0.25) is 0 Å². The lowest BCUT2D eigenvalue weighted by atomic mass is 9.86. The first kappa shape index (κ1) is 22.4. The number of rotatable bonds is 5. The van der Waals surface area contributed by atoms with E-state index in [1.807, 2.05) is 72.8 Å². The van der Waals surface area contributed by atoms with E-state index < -0.39 is 15.5 Å². The third-order valence-corrected chi connectivity index (χ3v) is 6.77. The van der Waals surface area contributed by atoms with Crippen molar-refractivity contribution in [1.82, 2.24) is 9.80 Å². The predicted octanol–water partition coefficient (Wildman–Crippen LogP) is 4.54. The fraction of sp³-hybridized carbons (Fsp3) is 0.348. The summed E-state index contributed by atoms with van der Waals surface area (Å²) in [5, 5.41) is 0. The van der Waals surface area contributed by atoms with Gasteiger partial charge in [-0.3, -0.25) is 0 Å². The Morgan fingerprint density at radius 1 is 0.938 bits per heavy atom. The van der Waals surface area contributed by atoms with Crippen molar-refractivity contribution < 1.29 is 21.6 Å². The van der Waals surface area contributed by atoms with Gasteiger partial charge in [0, 0.05) is 25.6 Å². The van der Waals surface area contributed by atoms with E-state index in [0.717, 1.165) is 24.0 Å². The zero-order chi connectivity index (χ0) is 22.8. The van der Waals surface area contributed by atoms with Crippen molar-refractivity contribution in [2.24, 2.45) is 10.3 Å².